The van der Waals surface area contributed by atoms with Gasteiger partial charge in [-0.1, -0.05) is 55.8 Å². The molecule has 3 aliphatic rings. The summed E-state index contributed by atoms with van der Waals surface area (Å²) in [5, 5.41) is 15.6. The van der Waals surface area contributed by atoms with E-state index in [1.54, 1.807) is 24.3 Å². The van der Waals surface area contributed by atoms with Gasteiger partial charge in [0.2, 0.25) is 11.8 Å². The van der Waals surface area contributed by atoms with Crippen LogP contribution in [0.5, 0.6) is 0 Å². The molecule has 7 rings (SSSR count). The van der Waals surface area contributed by atoms with E-state index < -0.39 is 45.8 Å². The minimum Gasteiger partial charge on any atom is -0.296 e. The number of nitro benzene ring substituents is 1. The molecular formula is C29H22ClN5O5. The molecule has 2 saturated heterocycles. The second-order valence-corrected chi connectivity index (χ2v) is 11.1. The summed E-state index contributed by atoms with van der Waals surface area (Å²) < 4.78 is 1.54. The van der Waals surface area contributed by atoms with Crippen LogP contribution < -0.4 is 15.8 Å². The molecule has 0 unspecified atom stereocenters. The van der Waals surface area contributed by atoms with E-state index in [0.717, 1.165) is 11.0 Å². The fourth-order valence-electron chi connectivity index (χ4n) is 6.76. The highest BCUT2D eigenvalue weighted by Gasteiger charge is 2.70. The molecule has 0 radical (unpaired) electrons. The lowest BCUT2D eigenvalue weighted by Crippen LogP contribution is -2.51. The van der Waals surface area contributed by atoms with Crippen molar-refractivity contribution in [1.29, 1.82) is 0 Å². The van der Waals surface area contributed by atoms with Gasteiger partial charge in [0, 0.05) is 17.7 Å². The number of imide groups is 1. The zero-order valence-corrected chi connectivity index (χ0v) is 22.1. The normalized spacial score (nSPS) is 24.7. The summed E-state index contributed by atoms with van der Waals surface area (Å²) in [6, 6.07) is 17.8. The maximum absolute atomic E-state index is 14.4. The van der Waals surface area contributed by atoms with E-state index in [1.807, 2.05) is 38.1 Å². The van der Waals surface area contributed by atoms with Gasteiger partial charge in [-0.15, -0.1) is 0 Å². The lowest BCUT2D eigenvalue weighted by Gasteiger charge is -2.32. The molecule has 1 aromatic heterocycles. The van der Waals surface area contributed by atoms with E-state index in [2.05, 4.69) is 5.32 Å². The number of benzene rings is 3. The highest BCUT2D eigenvalue weighted by atomic mass is 35.5. The average molecular weight is 556 g/mol. The number of carbonyl (C=O) groups excluding carboxylic acids is 2. The molecule has 0 bridgehead atoms. The Morgan fingerprint density at radius 1 is 1.02 bits per heavy atom. The Morgan fingerprint density at radius 3 is 2.50 bits per heavy atom. The Morgan fingerprint density at radius 2 is 1.75 bits per heavy atom. The molecule has 0 saturated carbocycles. The number of nitrogens with one attached hydrogen (secondary N) is 1. The molecule has 0 aliphatic carbocycles. The van der Waals surface area contributed by atoms with Crippen LogP contribution in [0.3, 0.4) is 0 Å². The van der Waals surface area contributed by atoms with Crippen LogP contribution in [0.25, 0.3) is 16.6 Å². The maximum atomic E-state index is 14.4. The minimum atomic E-state index is -1.28. The van der Waals surface area contributed by atoms with Crippen molar-refractivity contribution in [3.8, 4) is 5.69 Å². The number of halogens is 1. The van der Waals surface area contributed by atoms with Crippen LogP contribution in [-0.2, 0) is 15.1 Å². The van der Waals surface area contributed by atoms with Gasteiger partial charge in [0.25, 0.3) is 11.2 Å². The van der Waals surface area contributed by atoms with E-state index >= 15 is 0 Å². The third-order valence-electron chi connectivity index (χ3n) is 8.40. The Hall–Kier alpha value is -4.41. The van der Waals surface area contributed by atoms with Crippen molar-refractivity contribution in [3.63, 3.8) is 0 Å². The Balaban J connectivity index is 1.51. The summed E-state index contributed by atoms with van der Waals surface area (Å²) >= 11 is 6.02. The van der Waals surface area contributed by atoms with Gasteiger partial charge in [-0.2, -0.15) is 0 Å². The van der Waals surface area contributed by atoms with Crippen LogP contribution in [0, 0.1) is 27.9 Å². The molecule has 4 heterocycles. The quantitative estimate of drug-likeness (QED) is 0.230. The first-order chi connectivity index (χ1) is 19.2. The zero-order valence-electron chi connectivity index (χ0n) is 21.4. The number of aromatic nitrogens is 2. The predicted molar refractivity (Wildman–Crippen MR) is 147 cm³/mol. The zero-order chi connectivity index (χ0) is 28.1. The van der Waals surface area contributed by atoms with Gasteiger partial charge < -0.3 is 0 Å². The van der Waals surface area contributed by atoms with Crippen LogP contribution in [-0.4, -0.2) is 32.3 Å². The molecule has 3 aromatic carbocycles. The Bertz CT molecular complexity index is 1870. The van der Waals surface area contributed by atoms with E-state index in [-0.39, 0.29) is 22.2 Å². The number of nitrogens with zero attached hydrogens (tertiary/aromatic N) is 4. The molecule has 40 heavy (non-hydrogen) atoms. The van der Waals surface area contributed by atoms with Crippen LogP contribution in [0.4, 0.5) is 11.4 Å². The van der Waals surface area contributed by atoms with E-state index in [4.69, 9.17) is 16.6 Å². The van der Waals surface area contributed by atoms with Gasteiger partial charge in [-0.05, 0) is 36.2 Å². The largest absolute Gasteiger partial charge is 0.296 e. The molecule has 200 valence electrons. The summed E-state index contributed by atoms with van der Waals surface area (Å²) in [6.07, 6.45) is 0. The van der Waals surface area contributed by atoms with E-state index in [1.165, 1.54) is 16.7 Å². The molecule has 10 nitrogen and oxygen atoms in total. The third kappa shape index (κ3) is 2.97. The molecule has 3 aliphatic heterocycles. The molecule has 2 amide bonds. The standard InChI is InChI=1S/C29H22ClN5O5/c1-14(2)24-22-23(27(38)33(26(22)37)15-11-12-18(30)21(13-15)35(39)40)29(32-24)17-8-4-6-10-20(17)34-25(36)16-7-3-5-9-19(16)31-28(29)34/h3-14,22-24,32H,1-2H3/t22-,23+,24-,29+/m0/s1. The van der Waals surface area contributed by atoms with Crippen molar-refractivity contribution in [3.05, 3.63) is 104 Å². The van der Waals surface area contributed by atoms with E-state index in [9.17, 15) is 24.5 Å². The minimum absolute atomic E-state index is 0.0727. The molecule has 11 heteroatoms. The first-order valence-corrected chi connectivity index (χ1v) is 13.3. The summed E-state index contributed by atoms with van der Waals surface area (Å²) in [5.74, 6) is -2.46. The number of fused-ring (bicyclic) bond motifs is 8. The van der Waals surface area contributed by atoms with Crippen molar-refractivity contribution in [2.45, 2.75) is 25.4 Å². The van der Waals surface area contributed by atoms with Gasteiger partial charge >= 0.3 is 0 Å². The Kier molecular flexibility index (Phi) is 5.11. The predicted octanol–water partition coefficient (Wildman–Crippen LogP) is 3.94. The molecule has 2 fully saturated rings. The molecule has 1 N–H and O–H groups in total. The highest BCUT2D eigenvalue weighted by Crippen LogP contribution is 2.56. The van der Waals surface area contributed by atoms with Crippen LogP contribution >= 0.6 is 11.6 Å². The first-order valence-electron chi connectivity index (χ1n) is 12.9. The summed E-state index contributed by atoms with van der Waals surface area (Å²) in [4.78, 5) is 59.3. The number of rotatable bonds is 3. The first kappa shape index (κ1) is 24.6. The van der Waals surface area contributed by atoms with Gasteiger partial charge in [-0.3, -0.25) is 34.4 Å². The monoisotopic (exact) mass is 555 g/mol. The summed E-state index contributed by atoms with van der Waals surface area (Å²) in [7, 11) is 0. The number of nitro groups is 1. The van der Waals surface area contributed by atoms with Crippen molar-refractivity contribution in [2.24, 2.45) is 17.8 Å². The number of para-hydroxylation sites is 2. The number of hydrogen-bond acceptors (Lipinski definition) is 7. The summed E-state index contributed by atoms with van der Waals surface area (Å²) in [5.41, 5.74) is -0.110. The van der Waals surface area contributed by atoms with Gasteiger partial charge in [0.15, 0.2) is 0 Å². The third-order valence-corrected chi connectivity index (χ3v) is 8.72. The van der Waals surface area contributed by atoms with Crippen LogP contribution in [0.2, 0.25) is 5.02 Å². The van der Waals surface area contributed by atoms with Crippen molar-refractivity contribution in [2.75, 3.05) is 4.90 Å². The SMILES string of the molecule is CC(C)[C@@H]1N[C@]2(c3ccccc3-n3c2nc2ccccc2c3=O)[C@H]2C(=O)N(c3ccc(Cl)c([N+](=O)[O-])c3)C(=O)[C@H]12. The van der Waals surface area contributed by atoms with Crippen LogP contribution in [0.1, 0.15) is 25.2 Å². The lowest BCUT2D eigenvalue weighted by molar-refractivity contribution is -0.384. The maximum Gasteiger partial charge on any atom is 0.289 e. The van der Waals surface area contributed by atoms with Crippen molar-refractivity contribution >= 4 is 45.7 Å². The van der Waals surface area contributed by atoms with Crippen LogP contribution in [0.15, 0.2) is 71.5 Å². The van der Waals surface area contributed by atoms with Gasteiger partial charge in [0.05, 0.1) is 39.0 Å². The number of hydrogen-bond donors (Lipinski definition) is 1. The second-order valence-electron chi connectivity index (χ2n) is 10.7. The fraction of sp³-hybridized carbons (Fsp3) is 0.241. The highest BCUT2D eigenvalue weighted by molar-refractivity contribution is 6.33. The molecule has 4 atom stereocenters. The number of carbonyl (C=O) groups is 2. The Labute approximate surface area is 232 Å². The van der Waals surface area contributed by atoms with Crippen molar-refractivity contribution in [1.82, 2.24) is 14.9 Å². The number of amides is 2. The smallest absolute Gasteiger partial charge is 0.289 e. The second kappa shape index (κ2) is 8.30. The van der Waals surface area contributed by atoms with Gasteiger partial charge in [0.1, 0.15) is 16.4 Å². The molecular weight excluding hydrogens is 534 g/mol. The van der Waals surface area contributed by atoms with Gasteiger partial charge in [-0.25, -0.2) is 9.88 Å². The summed E-state index contributed by atoms with van der Waals surface area (Å²) in [6.45, 7) is 3.92. The molecule has 4 aromatic rings. The topological polar surface area (TPSA) is 127 Å². The fourth-order valence-corrected chi connectivity index (χ4v) is 6.95. The van der Waals surface area contributed by atoms with E-state index in [0.29, 0.717) is 28.0 Å². The lowest BCUT2D eigenvalue weighted by atomic mass is 9.75. The number of anilines is 1. The average Bonchev–Trinajstić information content (AvgIpc) is 3.53. The molecule has 1 spiro atoms. The van der Waals surface area contributed by atoms with Crippen molar-refractivity contribution < 1.29 is 14.5 Å².